The molecule has 0 spiro atoms. The van der Waals surface area contributed by atoms with Crippen LogP contribution in [0.3, 0.4) is 0 Å². The molecule has 0 saturated heterocycles. The van der Waals surface area contributed by atoms with Crippen LogP contribution in [0.25, 0.3) is 0 Å². The van der Waals surface area contributed by atoms with Crippen molar-refractivity contribution in [3.63, 3.8) is 0 Å². The molecule has 0 heterocycles. The average Bonchev–Trinajstić information content (AvgIpc) is 2.62. The zero-order chi connectivity index (χ0) is 18.2. The minimum atomic E-state index is -0.496. The van der Waals surface area contributed by atoms with Crippen LogP contribution >= 0.6 is 15.9 Å². The predicted molar refractivity (Wildman–Crippen MR) is 106 cm³/mol. The molecule has 0 saturated carbocycles. The Kier molecular flexibility index (Phi) is 7.94. The van der Waals surface area contributed by atoms with Crippen molar-refractivity contribution in [3.05, 3.63) is 64.1 Å². The molecule has 0 aliphatic carbocycles. The molecule has 4 heteroatoms. The van der Waals surface area contributed by atoms with E-state index in [9.17, 15) is 5.11 Å². The number of quaternary nitrogens is 1. The van der Waals surface area contributed by atoms with Gasteiger partial charge in [-0.25, -0.2) is 0 Å². The molecule has 0 fully saturated rings. The molecule has 2 aromatic carbocycles. The summed E-state index contributed by atoms with van der Waals surface area (Å²) >= 11 is 3.47. The fraction of sp³-hybridized carbons (Fsp3) is 0.429. The van der Waals surface area contributed by atoms with Crippen molar-refractivity contribution < 1.29 is 15.2 Å². The Morgan fingerprint density at radius 3 is 2.40 bits per heavy atom. The van der Waals surface area contributed by atoms with Gasteiger partial charge in [-0.05, 0) is 29.7 Å². The molecule has 3 N–H and O–H groups in total. The molecule has 0 aliphatic rings. The van der Waals surface area contributed by atoms with Gasteiger partial charge in [0.05, 0.1) is 0 Å². The smallest absolute Gasteiger partial charge is 0.137 e. The minimum absolute atomic E-state index is 0.316. The highest BCUT2D eigenvalue weighted by Crippen LogP contribution is 2.25. The first-order valence-electron chi connectivity index (χ1n) is 8.99. The van der Waals surface area contributed by atoms with E-state index in [1.807, 2.05) is 18.2 Å². The first-order valence-corrected chi connectivity index (χ1v) is 9.79. The van der Waals surface area contributed by atoms with Gasteiger partial charge in [0.1, 0.15) is 31.0 Å². The normalized spacial score (nSPS) is 13.7. The van der Waals surface area contributed by atoms with E-state index in [-0.39, 0.29) is 0 Å². The zero-order valence-electron chi connectivity index (χ0n) is 15.3. The molecule has 136 valence electrons. The van der Waals surface area contributed by atoms with Gasteiger partial charge in [0.2, 0.25) is 0 Å². The molecule has 0 aliphatic heterocycles. The van der Waals surface area contributed by atoms with Crippen LogP contribution in [0.5, 0.6) is 5.75 Å². The number of ether oxygens (including phenoxy) is 1. The third kappa shape index (κ3) is 6.14. The van der Waals surface area contributed by atoms with Crippen molar-refractivity contribution in [1.82, 2.24) is 0 Å². The molecule has 0 bridgehead atoms. The molecule has 2 atom stereocenters. The molecule has 0 unspecified atom stereocenters. The van der Waals surface area contributed by atoms with E-state index < -0.39 is 6.10 Å². The summed E-state index contributed by atoms with van der Waals surface area (Å²) in [6.45, 7) is 7.41. The molecule has 0 radical (unpaired) electrons. The lowest BCUT2D eigenvalue weighted by Crippen LogP contribution is -2.87. The number of benzene rings is 2. The van der Waals surface area contributed by atoms with E-state index in [2.05, 4.69) is 72.3 Å². The van der Waals surface area contributed by atoms with Gasteiger partial charge in [-0.15, -0.1) is 0 Å². The van der Waals surface area contributed by atoms with Gasteiger partial charge in [0.15, 0.2) is 0 Å². The van der Waals surface area contributed by atoms with Gasteiger partial charge in [-0.2, -0.15) is 0 Å². The Morgan fingerprint density at radius 1 is 1.08 bits per heavy atom. The monoisotopic (exact) mass is 406 g/mol. The van der Waals surface area contributed by atoms with Crippen LogP contribution in [-0.2, 0) is 0 Å². The van der Waals surface area contributed by atoms with Gasteiger partial charge < -0.3 is 15.2 Å². The third-order valence-corrected chi connectivity index (χ3v) is 4.93. The van der Waals surface area contributed by atoms with Gasteiger partial charge >= 0.3 is 0 Å². The Morgan fingerprint density at radius 2 is 1.76 bits per heavy atom. The van der Waals surface area contributed by atoms with Crippen LogP contribution in [0.1, 0.15) is 50.3 Å². The van der Waals surface area contributed by atoms with E-state index in [0.29, 0.717) is 25.1 Å². The summed E-state index contributed by atoms with van der Waals surface area (Å²) in [4.78, 5) is 0. The van der Waals surface area contributed by atoms with Crippen molar-refractivity contribution in [1.29, 1.82) is 0 Å². The lowest BCUT2D eigenvalue weighted by atomic mass is 10.0. The first-order chi connectivity index (χ1) is 12.0. The fourth-order valence-electron chi connectivity index (χ4n) is 2.91. The molecular formula is C21H29BrNO2+. The second-order valence-electron chi connectivity index (χ2n) is 6.70. The number of hydrogen-bond acceptors (Lipinski definition) is 2. The summed E-state index contributed by atoms with van der Waals surface area (Å²) in [7, 11) is 0. The number of nitrogens with two attached hydrogens (primary N) is 1. The van der Waals surface area contributed by atoms with E-state index in [1.165, 1.54) is 11.1 Å². The standard InChI is InChI=1S/C21H28BrNO2/c1-4-20(16-9-11-17(22)12-10-16)23-13-18(24)14-25-21-8-6-5-7-19(21)15(2)3/h5-12,15,18,20,23-24H,4,13-14H2,1-3H3/p+1/t18-,20+/m1/s1. The lowest BCUT2D eigenvalue weighted by Gasteiger charge is -2.19. The number of para-hydroxylation sites is 1. The summed E-state index contributed by atoms with van der Waals surface area (Å²) < 4.78 is 6.96. The molecular weight excluding hydrogens is 378 g/mol. The van der Waals surface area contributed by atoms with Gasteiger partial charge in [0.25, 0.3) is 0 Å². The van der Waals surface area contributed by atoms with Crippen molar-refractivity contribution >= 4 is 15.9 Å². The average molecular weight is 407 g/mol. The summed E-state index contributed by atoms with van der Waals surface area (Å²) in [6, 6.07) is 16.8. The Hall–Kier alpha value is -1.36. The van der Waals surface area contributed by atoms with E-state index >= 15 is 0 Å². The van der Waals surface area contributed by atoms with Crippen LogP contribution in [0.4, 0.5) is 0 Å². The SMILES string of the molecule is CC[C@H]([NH2+]C[C@@H](O)COc1ccccc1C(C)C)c1ccc(Br)cc1. The molecule has 0 aromatic heterocycles. The third-order valence-electron chi connectivity index (χ3n) is 4.40. The van der Waals surface area contributed by atoms with Crippen LogP contribution < -0.4 is 10.1 Å². The maximum absolute atomic E-state index is 10.3. The summed E-state index contributed by atoms with van der Waals surface area (Å²) in [5.41, 5.74) is 2.46. The van der Waals surface area contributed by atoms with E-state index in [1.54, 1.807) is 0 Å². The topological polar surface area (TPSA) is 46.1 Å². The Labute approximate surface area is 159 Å². The number of aliphatic hydroxyl groups is 1. The van der Waals surface area contributed by atoms with Gasteiger partial charge in [0, 0.05) is 16.5 Å². The fourth-order valence-corrected chi connectivity index (χ4v) is 3.18. The zero-order valence-corrected chi connectivity index (χ0v) is 16.9. The van der Waals surface area contributed by atoms with Crippen molar-refractivity contribution in [3.8, 4) is 5.75 Å². The minimum Gasteiger partial charge on any atom is -0.490 e. The van der Waals surface area contributed by atoms with Crippen LogP contribution in [0, 0.1) is 0 Å². The molecule has 0 amide bonds. The quantitative estimate of drug-likeness (QED) is 0.660. The number of rotatable bonds is 9. The van der Waals surface area contributed by atoms with Crippen LogP contribution in [0.2, 0.25) is 0 Å². The number of aliphatic hydroxyl groups excluding tert-OH is 1. The number of hydrogen-bond donors (Lipinski definition) is 2. The van der Waals surface area contributed by atoms with Gasteiger partial charge in [-0.1, -0.05) is 67.0 Å². The highest BCUT2D eigenvalue weighted by atomic mass is 79.9. The summed E-state index contributed by atoms with van der Waals surface area (Å²) in [5, 5.41) is 12.5. The predicted octanol–water partition coefficient (Wildman–Crippen LogP) is 4.03. The molecule has 2 rings (SSSR count). The highest BCUT2D eigenvalue weighted by molar-refractivity contribution is 9.10. The van der Waals surface area contributed by atoms with E-state index in [0.717, 1.165) is 16.6 Å². The summed E-state index contributed by atoms with van der Waals surface area (Å²) in [6.07, 6.45) is 0.524. The highest BCUT2D eigenvalue weighted by Gasteiger charge is 2.16. The van der Waals surface area contributed by atoms with Crippen LogP contribution in [-0.4, -0.2) is 24.4 Å². The maximum atomic E-state index is 10.3. The summed E-state index contributed by atoms with van der Waals surface area (Å²) in [5.74, 6) is 1.28. The number of halogens is 1. The Bertz CT molecular complexity index is 643. The van der Waals surface area contributed by atoms with Crippen LogP contribution in [0.15, 0.2) is 53.0 Å². The Balaban J connectivity index is 1.85. The lowest BCUT2D eigenvalue weighted by molar-refractivity contribution is -0.701. The van der Waals surface area contributed by atoms with Crippen molar-refractivity contribution in [2.45, 2.75) is 45.3 Å². The first kappa shape index (κ1) is 20.0. The van der Waals surface area contributed by atoms with Gasteiger partial charge in [-0.3, -0.25) is 0 Å². The molecule has 25 heavy (non-hydrogen) atoms. The second-order valence-corrected chi connectivity index (χ2v) is 7.61. The maximum Gasteiger partial charge on any atom is 0.137 e. The van der Waals surface area contributed by atoms with Crippen molar-refractivity contribution in [2.24, 2.45) is 0 Å². The second kappa shape index (κ2) is 9.95. The largest absolute Gasteiger partial charge is 0.490 e. The van der Waals surface area contributed by atoms with E-state index in [4.69, 9.17) is 4.74 Å². The molecule has 3 nitrogen and oxygen atoms in total. The molecule has 2 aromatic rings. The van der Waals surface area contributed by atoms with Crippen molar-refractivity contribution in [2.75, 3.05) is 13.2 Å².